The molecule has 7 nitrogen and oxygen atoms in total. The lowest BCUT2D eigenvalue weighted by Crippen LogP contribution is -2.30. The first kappa shape index (κ1) is 28.3. The molecule has 1 aliphatic heterocycles. The van der Waals surface area contributed by atoms with Crippen LogP contribution >= 0.6 is 23.4 Å². The van der Waals surface area contributed by atoms with Gasteiger partial charge in [-0.1, -0.05) is 59.3 Å². The van der Waals surface area contributed by atoms with Gasteiger partial charge < -0.3 is 20.1 Å². The van der Waals surface area contributed by atoms with E-state index in [1.807, 2.05) is 32.9 Å². The van der Waals surface area contributed by atoms with Gasteiger partial charge in [0.15, 0.2) is 0 Å². The average molecular weight is 540 g/mol. The van der Waals surface area contributed by atoms with Crippen LogP contribution in [-0.4, -0.2) is 38.0 Å². The van der Waals surface area contributed by atoms with E-state index in [0.29, 0.717) is 26.9 Å². The van der Waals surface area contributed by atoms with E-state index in [1.54, 1.807) is 31.2 Å². The van der Waals surface area contributed by atoms with Gasteiger partial charge in [-0.25, -0.2) is 4.79 Å². The SMILES string of the molecule is COCCOC(=O)C1=C(C)NC(SCC(=O)Nc2c(C)cc(C)cc2C)=C(C#N)[C@H]1c1ccccc1Cl. The fraction of sp³-hybridized carbons (Fsp3) is 0.321. The van der Waals surface area contributed by atoms with Crippen molar-refractivity contribution in [1.29, 1.82) is 5.26 Å². The molecule has 2 N–H and O–H groups in total. The maximum Gasteiger partial charge on any atom is 0.336 e. The summed E-state index contributed by atoms with van der Waals surface area (Å²) in [5.74, 6) is -1.45. The Morgan fingerprint density at radius 2 is 1.81 bits per heavy atom. The Hall–Kier alpha value is -3.25. The average Bonchev–Trinajstić information content (AvgIpc) is 2.84. The highest BCUT2D eigenvalue weighted by molar-refractivity contribution is 8.03. The van der Waals surface area contributed by atoms with E-state index in [-0.39, 0.29) is 30.4 Å². The second-order valence-electron chi connectivity index (χ2n) is 8.71. The topological polar surface area (TPSA) is 100 Å². The first-order chi connectivity index (χ1) is 17.7. The first-order valence-corrected chi connectivity index (χ1v) is 13.1. The van der Waals surface area contributed by atoms with Gasteiger partial charge in [-0.2, -0.15) is 5.26 Å². The summed E-state index contributed by atoms with van der Waals surface area (Å²) in [6, 6.07) is 13.4. The van der Waals surface area contributed by atoms with E-state index in [4.69, 9.17) is 21.1 Å². The van der Waals surface area contributed by atoms with E-state index < -0.39 is 11.9 Å². The molecule has 9 heteroatoms. The number of allylic oxidation sites excluding steroid dienone is 2. The number of nitriles is 1. The Labute approximate surface area is 226 Å². The zero-order valence-corrected chi connectivity index (χ0v) is 23.1. The number of ether oxygens (including phenoxy) is 2. The maximum atomic E-state index is 13.1. The molecule has 1 amide bonds. The number of hydrogen-bond donors (Lipinski definition) is 2. The van der Waals surface area contributed by atoms with Crippen LogP contribution in [0, 0.1) is 32.1 Å². The Balaban J connectivity index is 1.90. The molecule has 194 valence electrons. The van der Waals surface area contributed by atoms with Crippen molar-refractivity contribution < 1.29 is 19.1 Å². The molecule has 2 aromatic carbocycles. The van der Waals surface area contributed by atoms with Crippen LogP contribution < -0.4 is 10.6 Å². The van der Waals surface area contributed by atoms with Crippen LogP contribution in [0.1, 0.15) is 35.1 Å². The Morgan fingerprint density at radius 3 is 2.43 bits per heavy atom. The molecule has 1 aliphatic rings. The number of thioether (sulfide) groups is 1. The Morgan fingerprint density at radius 1 is 1.14 bits per heavy atom. The van der Waals surface area contributed by atoms with Crippen LogP contribution in [0.3, 0.4) is 0 Å². The van der Waals surface area contributed by atoms with Crippen molar-refractivity contribution in [2.75, 3.05) is 31.4 Å². The summed E-state index contributed by atoms with van der Waals surface area (Å²) < 4.78 is 10.4. The highest BCUT2D eigenvalue weighted by Crippen LogP contribution is 2.43. The summed E-state index contributed by atoms with van der Waals surface area (Å²) in [7, 11) is 1.52. The second kappa shape index (κ2) is 12.8. The summed E-state index contributed by atoms with van der Waals surface area (Å²) in [5.41, 5.74) is 5.59. The normalized spacial score (nSPS) is 15.2. The largest absolute Gasteiger partial charge is 0.460 e. The van der Waals surface area contributed by atoms with Gasteiger partial charge in [0.1, 0.15) is 6.61 Å². The van der Waals surface area contributed by atoms with E-state index >= 15 is 0 Å². The maximum absolute atomic E-state index is 13.1. The molecule has 0 spiro atoms. The van der Waals surface area contributed by atoms with Gasteiger partial charge in [-0.15, -0.1) is 0 Å². The van der Waals surface area contributed by atoms with Gasteiger partial charge in [0, 0.05) is 23.5 Å². The molecule has 0 aromatic heterocycles. The molecule has 0 saturated heterocycles. The number of benzene rings is 2. The quantitative estimate of drug-likeness (QED) is 0.319. The first-order valence-electron chi connectivity index (χ1n) is 11.7. The van der Waals surface area contributed by atoms with Crippen molar-refractivity contribution in [3.63, 3.8) is 0 Å². The third kappa shape index (κ3) is 6.75. The van der Waals surface area contributed by atoms with Gasteiger partial charge in [0.25, 0.3) is 0 Å². The Kier molecular flexibility index (Phi) is 9.81. The number of dihydropyridines is 1. The number of halogens is 1. The summed E-state index contributed by atoms with van der Waals surface area (Å²) in [6.07, 6.45) is 0. The summed E-state index contributed by atoms with van der Waals surface area (Å²) >= 11 is 7.71. The third-order valence-electron chi connectivity index (χ3n) is 5.89. The summed E-state index contributed by atoms with van der Waals surface area (Å²) in [5, 5.41) is 17.2. The number of amides is 1. The van der Waals surface area contributed by atoms with Crippen LogP contribution in [0.5, 0.6) is 0 Å². The van der Waals surface area contributed by atoms with Crippen molar-refractivity contribution in [2.24, 2.45) is 0 Å². The fourth-order valence-electron chi connectivity index (χ4n) is 4.30. The lowest BCUT2D eigenvalue weighted by molar-refractivity contribution is -0.140. The number of aryl methyl sites for hydroxylation is 3. The van der Waals surface area contributed by atoms with Gasteiger partial charge in [0.05, 0.1) is 40.5 Å². The van der Waals surface area contributed by atoms with Gasteiger partial charge in [0.2, 0.25) is 5.91 Å². The van der Waals surface area contributed by atoms with Gasteiger partial charge in [-0.3, -0.25) is 4.79 Å². The molecular weight excluding hydrogens is 510 g/mol. The smallest absolute Gasteiger partial charge is 0.336 e. The standard InChI is InChI=1S/C28H30ClN3O4S/c1-16-12-17(2)26(18(3)13-16)32-23(33)15-37-27-21(14-30)25(20-8-6-7-9-22(20)29)24(19(4)31-27)28(34)36-11-10-35-5/h6-9,12-13,25,31H,10-11,15H2,1-5H3,(H,32,33)/t25-/m1/s1. The van der Waals surface area contributed by atoms with Crippen molar-refractivity contribution in [2.45, 2.75) is 33.6 Å². The van der Waals surface area contributed by atoms with Crippen LogP contribution in [0.15, 0.2) is 58.3 Å². The summed E-state index contributed by atoms with van der Waals surface area (Å²) in [6.45, 7) is 7.99. The highest BCUT2D eigenvalue weighted by Gasteiger charge is 2.36. The van der Waals surface area contributed by atoms with Gasteiger partial charge >= 0.3 is 5.97 Å². The van der Waals surface area contributed by atoms with Crippen molar-refractivity contribution in [3.8, 4) is 6.07 Å². The van der Waals surface area contributed by atoms with Crippen LogP contribution in [0.2, 0.25) is 5.02 Å². The molecule has 1 atom stereocenters. The fourth-order valence-corrected chi connectivity index (χ4v) is 5.44. The number of methoxy groups -OCH3 is 1. The van der Waals surface area contributed by atoms with Crippen LogP contribution in [0.4, 0.5) is 5.69 Å². The minimum absolute atomic E-state index is 0.0659. The summed E-state index contributed by atoms with van der Waals surface area (Å²) in [4.78, 5) is 25.9. The zero-order valence-electron chi connectivity index (χ0n) is 21.5. The molecule has 0 fully saturated rings. The minimum atomic E-state index is -0.748. The molecule has 37 heavy (non-hydrogen) atoms. The van der Waals surface area contributed by atoms with Crippen molar-refractivity contribution >= 4 is 40.9 Å². The highest BCUT2D eigenvalue weighted by atomic mass is 35.5. The van der Waals surface area contributed by atoms with Crippen LogP contribution in [-0.2, 0) is 19.1 Å². The van der Waals surface area contributed by atoms with E-state index in [2.05, 4.69) is 16.7 Å². The molecule has 0 saturated carbocycles. The molecule has 1 heterocycles. The number of carbonyl (C=O) groups is 2. The van der Waals surface area contributed by atoms with Gasteiger partial charge in [-0.05, 0) is 50.5 Å². The number of hydrogen-bond acceptors (Lipinski definition) is 7. The van der Waals surface area contributed by atoms with Crippen molar-refractivity contribution in [1.82, 2.24) is 5.32 Å². The monoisotopic (exact) mass is 539 g/mol. The third-order valence-corrected chi connectivity index (χ3v) is 7.25. The molecule has 3 rings (SSSR count). The number of nitrogens with zero attached hydrogens (tertiary/aromatic N) is 1. The number of nitrogens with one attached hydrogen (secondary N) is 2. The molecule has 0 aliphatic carbocycles. The predicted molar refractivity (Wildman–Crippen MR) is 147 cm³/mol. The van der Waals surface area contributed by atoms with E-state index in [9.17, 15) is 14.9 Å². The zero-order chi connectivity index (χ0) is 27.1. The molecular formula is C28H30ClN3O4S. The molecule has 0 radical (unpaired) electrons. The van der Waals surface area contributed by atoms with Crippen molar-refractivity contribution in [3.05, 3.63) is 85.5 Å². The second-order valence-corrected chi connectivity index (χ2v) is 10.1. The predicted octanol–water partition coefficient (Wildman–Crippen LogP) is 5.52. The lowest BCUT2D eigenvalue weighted by atomic mass is 9.82. The number of carbonyl (C=O) groups excluding carboxylic acids is 2. The molecule has 0 unspecified atom stereocenters. The number of rotatable bonds is 9. The lowest BCUT2D eigenvalue weighted by Gasteiger charge is -2.29. The van der Waals surface area contributed by atoms with E-state index in [0.717, 1.165) is 22.4 Å². The number of esters is 1. The van der Waals surface area contributed by atoms with Crippen LogP contribution in [0.25, 0.3) is 0 Å². The molecule has 2 aromatic rings. The Bertz CT molecular complexity index is 1290. The molecule has 0 bridgehead atoms. The minimum Gasteiger partial charge on any atom is -0.460 e. The number of anilines is 1. The van der Waals surface area contributed by atoms with E-state index in [1.165, 1.54) is 18.9 Å².